The minimum absolute atomic E-state index is 0.0301. The molecule has 0 N–H and O–H groups in total. The molecule has 0 unspecified atom stereocenters. The highest BCUT2D eigenvalue weighted by atomic mass is 32.1. The smallest absolute Gasteiger partial charge is 0.251 e. The molecular weight excluding hydrogens is 336 g/mol. The Kier molecular flexibility index (Phi) is 6.26. The monoisotopic (exact) mass is 362 g/mol. The molecule has 2 aromatic rings. The van der Waals surface area contributed by atoms with Crippen LogP contribution in [0.25, 0.3) is 10.2 Å². The second kappa shape index (κ2) is 8.63. The lowest BCUT2D eigenvalue weighted by atomic mass is 9.89. The number of aromatic nitrogens is 1. The van der Waals surface area contributed by atoms with Crippen LogP contribution >= 0.6 is 11.3 Å². The third kappa shape index (κ3) is 4.30. The SMILES string of the molecule is CCOc1ccc2c(c1)sc(=NC(=O)C1CCCCC1)n2CCOC. The van der Waals surface area contributed by atoms with Crippen LogP contribution in [-0.2, 0) is 16.1 Å². The van der Waals surface area contributed by atoms with Crippen LogP contribution in [0.1, 0.15) is 39.0 Å². The van der Waals surface area contributed by atoms with E-state index in [-0.39, 0.29) is 11.8 Å². The quantitative estimate of drug-likeness (QED) is 0.786. The first kappa shape index (κ1) is 18.1. The molecule has 0 spiro atoms. The summed E-state index contributed by atoms with van der Waals surface area (Å²) in [5.41, 5.74) is 1.07. The molecule has 25 heavy (non-hydrogen) atoms. The van der Waals surface area contributed by atoms with Gasteiger partial charge in [0, 0.05) is 19.6 Å². The fourth-order valence-electron chi connectivity index (χ4n) is 3.33. The highest BCUT2D eigenvalue weighted by Gasteiger charge is 2.21. The van der Waals surface area contributed by atoms with Crippen molar-refractivity contribution in [2.24, 2.45) is 10.9 Å². The Labute approximate surface area is 152 Å². The molecule has 0 bridgehead atoms. The Morgan fingerprint density at radius 1 is 1.32 bits per heavy atom. The molecular formula is C19H26N2O3S. The summed E-state index contributed by atoms with van der Waals surface area (Å²) < 4.78 is 14.0. The van der Waals surface area contributed by atoms with Crippen LogP contribution in [-0.4, -0.2) is 30.8 Å². The van der Waals surface area contributed by atoms with E-state index in [0.29, 0.717) is 19.8 Å². The standard InChI is InChI=1S/C19H26N2O3S/c1-3-24-15-9-10-16-17(13-15)25-19(21(16)11-12-23-2)20-18(22)14-7-5-4-6-8-14/h9-10,13-14H,3-8,11-12H2,1-2H3. The first-order chi connectivity index (χ1) is 12.2. The summed E-state index contributed by atoms with van der Waals surface area (Å²) in [6.07, 6.45) is 5.46. The highest BCUT2D eigenvalue weighted by molar-refractivity contribution is 7.16. The van der Waals surface area contributed by atoms with Crippen molar-refractivity contribution in [2.75, 3.05) is 20.3 Å². The third-order valence-electron chi connectivity index (χ3n) is 4.64. The number of carbonyl (C=O) groups excluding carboxylic acids is 1. The molecule has 3 rings (SSSR count). The summed E-state index contributed by atoms with van der Waals surface area (Å²) >= 11 is 1.55. The van der Waals surface area contributed by atoms with E-state index in [0.717, 1.165) is 46.5 Å². The van der Waals surface area contributed by atoms with Gasteiger partial charge in [-0.2, -0.15) is 4.99 Å². The van der Waals surface area contributed by atoms with E-state index >= 15 is 0 Å². The lowest BCUT2D eigenvalue weighted by Gasteiger charge is -2.17. The summed E-state index contributed by atoms with van der Waals surface area (Å²) in [5, 5.41) is 0. The minimum Gasteiger partial charge on any atom is -0.494 e. The van der Waals surface area contributed by atoms with Crippen molar-refractivity contribution < 1.29 is 14.3 Å². The van der Waals surface area contributed by atoms with Gasteiger partial charge in [0.1, 0.15) is 5.75 Å². The van der Waals surface area contributed by atoms with Crippen LogP contribution in [0.5, 0.6) is 5.75 Å². The second-order valence-corrected chi connectivity index (χ2v) is 7.39. The Balaban J connectivity index is 1.98. The zero-order chi connectivity index (χ0) is 17.6. The zero-order valence-corrected chi connectivity index (χ0v) is 15.8. The van der Waals surface area contributed by atoms with Crippen LogP contribution in [0.3, 0.4) is 0 Å². The van der Waals surface area contributed by atoms with Crippen molar-refractivity contribution >= 4 is 27.5 Å². The van der Waals surface area contributed by atoms with Gasteiger partial charge in [-0.3, -0.25) is 4.79 Å². The van der Waals surface area contributed by atoms with Crippen LogP contribution in [0.2, 0.25) is 0 Å². The van der Waals surface area contributed by atoms with Gasteiger partial charge in [0.2, 0.25) is 0 Å². The lowest BCUT2D eigenvalue weighted by molar-refractivity contribution is -0.122. The summed E-state index contributed by atoms with van der Waals surface area (Å²) in [6.45, 7) is 3.88. The van der Waals surface area contributed by atoms with Crippen molar-refractivity contribution in [1.82, 2.24) is 4.57 Å². The number of amides is 1. The van der Waals surface area contributed by atoms with E-state index in [1.165, 1.54) is 6.42 Å². The van der Waals surface area contributed by atoms with Crippen molar-refractivity contribution in [3.8, 4) is 5.75 Å². The molecule has 1 amide bonds. The number of fused-ring (bicyclic) bond motifs is 1. The van der Waals surface area contributed by atoms with Crippen molar-refractivity contribution in [3.63, 3.8) is 0 Å². The van der Waals surface area contributed by atoms with E-state index in [2.05, 4.69) is 9.56 Å². The maximum Gasteiger partial charge on any atom is 0.251 e. The lowest BCUT2D eigenvalue weighted by Crippen LogP contribution is -2.23. The normalized spacial score (nSPS) is 16.5. The van der Waals surface area contributed by atoms with Gasteiger partial charge >= 0.3 is 0 Å². The van der Waals surface area contributed by atoms with Crippen LogP contribution in [0.4, 0.5) is 0 Å². The molecule has 1 aliphatic rings. The number of rotatable bonds is 6. The summed E-state index contributed by atoms with van der Waals surface area (Å²) in [4.78, 5) is 17.9. The number of ether oxygens (including phenoxy) is 2. The molecule has 1 fully saturated rings. The summed E-state index contributed by atoms with van der Waals surface area (Å²) in [6, 6.07) is 6.03. The van der Waals surface area contributed by atoms with Gasteiger partial charge in [-0.1, -0.05) is 30.6 Å². The van der Waals surface area contributed by atoms with Crippen LogP contribution < -0.4 is 9.54 Å². The average Bonchev–Trinajstić information content (AvgIpc) is 2.97. The van der Waals surface area contributed by atoms with Gasteiger partial charge in [-0.05, 0) is 38.0 Å². The highest BCUT2D eigenvalue weighted by Crippen LogP contribution is 2.26. The number of nitrogens with zero attached hydrogens (tertiary/aromatic N) is 2. The maximum atomic E-state index is 12.6. The fraction of sp³-hybridized carbons (Fsp3) is 0.579. The van der Waals surface area contributed by atoms with E-state index in [1.807, 2.05) is 25.1 Å². The fourth-order valence-corrected chi connectivity index (χ4v) is 4.42. The summed E-state index contributed by atoms with van der Waals surface area (Å²) in [7, 11) is 1.69. The Hall–Kier alpha value is -1.66. The molecule has 0 atom stereocenters. The first-order valence-corrected chi connectivity index (χ1v) is 9.88. The van der Waals surface area contributed by atoms with Gasteiger partial charge in [0.25, 0.3) is 5.91 Å². The molecule has 0 saturated heterocycles. The van der Waals surface area contributed by atoms with Gasteiger partial charge in [-0.15, -0.1) is 0 Å². The average molecular weight is 362 g/mol. The molecule has 6 heteroatoms. The molecule has 1 aliphatic carbocycles. The Morgan fingerprint density at radius 2 is 2.12 bits per heavy atom. The predicted molar refractivity (Wildman–Crippen MR) is 100 cm³/mol. The predicted octanol–water partition coefficient (Wildman–Crippen LogP) is 3.76. The number of thiazole rings is 1. The minimum atomic E-state index is 0.0301. The van der Waals surface area contributed by atoms with E-state index < -0.39 is 0 Å². The number of methoxy groups -OCH3 is 1. The van der Waals surface area contributed by atoms with E-state index in [1.54, 1.807) is 18.4 Å². The summed E-state index contributed by atoms with van der Waals surface area (Å²) in [5.74, 6) is 0.969. The molecule has 1 aromatic heterocycles. The molecule has 136 valence electrons. The molecule has 1 aromatic carbocycles. The number of hydrogen-bond donors (Lipinski definition) is 0. The second-order valence-electron chi connectivity index (χ2n) is 6.38. The number of benzene rings is 1. The van der Waals surface area contributed by atoms with E-state index in [4.69, 9.17) is 9.47 Å². The third-order valence-corrected chi connectivity index (χ3v) is 5.69. The molecule has 1 heterocycles. The number of carbonyl (C=O) groups is 1. The van der Waals surface area contributed by atoms with Crippen LogP contribution in [0, 0.1) is 5.92 Å². The van der Waals surface area contributed by atoms with Gasteiger partial charge < -0.3 is 14.0 Å². The van der Waals surface area contributed by atoms with Gasteiger partial charge in [0.15, 0.2) is 4.80 Å². The first-order valence-electron chi connectivity index (χ1n) is 9.06. The van der Waals surface area contributed by atoms with Gasteiger partial charge in [0.05, 0.1) is 23.4 Å². The zero-order valence-electron chi connectivity index (χ0n) is 15.0. The maximum absolute atomic E-state index is 12.6. The van der Waals surface area contributed by atoms with Crippen molar-refractivity contribution in [3.05, 3.63) is 23.0 Å². The number of hydrogen-bond acceptors (Lipinski definition) is 4. The molecule has 5 nitrogen and oxygen atoms in total. The molecule has 0 radical (unpaired) electrons. The largest absolute Gasteiger partial charge is 0.494 e. The Bertz CT molecular complexity index is 788. The van der Waals surface area contributed by atoms with Crippen molar-refractivity contribution in [2.45, 2.75) is 45.6 Å². The van der Waals surface area contributed by atoms with Gasteiger partial charge in [-0.25, -0.2) is 0 Å². The molecule has 0 aliphatic heterocycles. The Morgan fingerprint density at radius 3 is 2.84 bits per heavy atom. The van der Waals surface area contributed by atoms with E-state index in [9.17, 15) is 4.79 Å². The van der Waals surface area contributed by atoms with Crippen LogP contribution in [0.15, 0.2) is 23.2 Å². The topological polar surface area (TPSA) is 52.8 Å². The van der Waals surface area contributed by atoms with Crippen molar-refractivity contribution in [1.29, 1.82) is 0 Å². The molecule has 1 saturated carbocycles.